The smallest absolute Gasteiger partial charge is 0.315 e. The zero-order chi connectivity index (χ0) is 39.2. The SMILES string of the molecule is C=CCNC(=O)C(=O)[C@H](CCCCCCC)NC(=O)[C@@H]1[C@@H]2[C@H](CN1C(=O)[C@H](CC)NC(=O)N[C@H](CN1C(=O)c3ccccc3C1=O)C(C)(C)C)C2(C)C. The fraction of sp³-hybridized carbons (Fsp3) is 0.625. The van der Waals surface area contributed by atoms with Gasteiger partial charge in [0.1, 0.15) is 12.1 Å². The molecule has 0 spiro atoms. The molecule has 0 unspecified atom stereocenters. The van der Waals surface area contributed by atoms with Crippen molar-refractivity contribution in [3.8, 4) is 0 Å². The van der Waals surface area contributed by atoms with E-state index in [0.717, 1.165) is 30.6 Å². The summed E-state index contributed by atoms with van der Waals surface area (Å²) >= 11 is 0. The number of carbonyl (C=O) groups is 7. The number of ketones is 1. The molecule has 1 saturated carbocycles. The minimum Gasteiger partial charge on any atom is -0.346 e. The minimum absolute atomic E-state index is 0.0533. The van der Waals surface area contributed by atoms with Gasteiger partial charge in [-0.15, -0.1) is 6.58 Å². The lowest BCUT2D eigenvalue weighted by atomic mass is 9.86. The van der Waals surface area contributed by atoms with E-state index in [9.17, 15) is 33.6 Å². The Kier molecular flexibility index (Phi) is 13.3. The molecule has 0 radical (unpaired) electrons. The number of Topliss-reactive ketones (excluding diaryl/α,β-unsaturated/α-hetero) is 1. The topological polar surface area (TPSA) is 174 Å². The van der Waals surface area contributed by atoms with E-state index in [0.29, 0.717) is 30.5 Å². The van der Waals surface area contributed by atoms with Crippen LogP contribution in [0, 0.1) is 22.7 Å². The van der Waals surface area contributed by atoms with Crippen molar-refractivity contribution in [2.75, 3.05) is 19.6 Å². The number of nitrogens with zero attached hydrogens (tertiary/aromatic N) is 2. The Hall–Kier alpha value is -4.55. The first-order valence-electron chi connectivity index (χ1n) is 19.0. The third kappa shape index (κ3) is 9.16. The lowest BCUT2D eigenvalue weighted by molar-refractivity contribution is -0.144. The van der Waals surface area contributed by atoms with Gasteiger partial charge in [-0.05, 0) is 47.6 Å². The minimum atomic E-state index is -1.05. The molecule has 7 amide bonds. The van der Waals surface area contributed by atoms with E-state index in [-0.39, 0.29) is 36.8 Å². The molecule has 2 fully saturated rings. The van der Waals surface area contributed by atoms with Crippen LogP contribution in [0.25, 0.3) is 0 Å². The van der Waals surface area contributed by atoms with Crippen molar-refractivity contribution in [1.29, 1.82) is 0 Å². The van der Waals surface area contributed by atoms with Crippen molar-refractivity contribution in [3.05, 3.63) is 48.0 Å². The molecule has 0 bridgehead atoms. The van der Waals surface area contributed by atoms with Gasteiger partial charge in [0.05, 0.1) is 29.8 Å². The Morgan fingerprint density at radius 1 is 0.925 bits per heavy atom. The van der Waals surface area contributed by atoms with Gasteiger partial charge >= 0.3 is 6.03 Å². The zero-order valence-corrected chi connectivity index (χ0v) is 32.4. The molecule has 2 heterocycles. The molecular formula is C40H58N6O7. The molecule has 3 aliphatic rings. The molecule has 1 aromatic rings. The third-order valence-corrected chi connectivity index (χ3v) is 11.2. The van der Waals surface area contributed by atoms with Crippen LogP contribution in [0.15, 0.2) is 36.9 Å². The maximum atomic E-state index is 14.2. The fourth-order valence-corrected chi connectivity index (χ4v) is 7.72. The van der Waals surface area contributed by atoms with Gasteiger partial charge in [-0.25, -0.2) is 4.79 Å². The van der Waals surface area contributed by atoms with Crippen LogP contribution in [0.1, 0.15) is 114 Å². The quantitative estimate of drug-likeness (QED) is 0.0764. The second-order valence-electron chi connectivity index (χ2n) is 16.3. The average Bonchev–Trinajstić information content (AvgIpc) is 3.36. The highest BCUT2D eigenvalue weighted by molar-refractivity contribution is 6.38. The number of rotatable bonds is 18. The van der Waals surface area contributed by atoms with Gasteiger partial charge in [-0.3, -0.25) is 33.7 Å². The molecule has 4 N–H and O–H groups in total. The largest absolute Gasteiger partial charge is 0.346 e. The third-order valence-electron chi connectivity index (χ3n) is 11.2. The molecule has 1 aliphatic carbocycles. The van der Waals surface area contributed by atoms with E-state index in [4.69, 9.17) is 0 Å². The zero-order valence-electron chi connectivity index (χ0n) is 32.4. The summed E-state index contributed by atoms with van der Waals surface area (Å²) in [7, 11) is 0. The first-order valence-corrected chi connectivity index (χ1v) is 19.0. The van der Waals surface area contributed by atoms with Gasteiger partial charge < -0.3 is 26.2 Å². The lowest BCUT2D eigenvalue weighted by Crippen LogP contribution is -2.60. The standard InChI is InChI=1S/C40H58N6O7/c1-9-12-13-14-15-20-28(32(47)34(49)41-21-10-2)42-33(48)31-30-26(40(30,7)8)22-45(31)37(52)27(11-3)43-38(53)44-29(39(4,5)6)23-46-35(50)24-18-16-17-19-25(24)36(46)51/h10,16-19,26-31H,2,9,11-15,20-23H2,1,3-8H3,(H,41,49)(H,42,48)(H2,43,44,53)/t26-,27-,28-,29+,30-,31-/m0/s1. The maximum Gasteiger partial charge on any atom is 0.315 e. The van der Waals surface area contributed by atoms with Crippen LogP contribution in [0.3, 0.4) is 0 Å². The fourth-order valence-electron chi connectivity index (χ4n) is 7.72. The summed E-state index contributed by atoms with van der Waals surface area (Å²) in [6.45, 7) is 17.5. The first kappa shape index (κ1) is 41.2. The van der Waals surface area contributed by atoms with E-state index in [1.165, 1.54) is 11.0 Å². The van der Waals surface area contributed by atoms with Gasteiger partial charge in [-0.2, -0.15) is 0 Å². The van der Waals surface area contributed by atoms with Crippen molar-refractivity contribution in [2.24, 2.45) is 22.7 Å². The van der Waals surface area contributed by atoms with Crippen LogP contribution in [0.4, 0.5) is 4.79 Å². The number of amides is 7. The van der Waals surface area contributed by atoms with E-state index >= 15 is 0 Å². The average molecular weight is 735 g/mol. The van der Waals surface area contributed by atoms with Crippen LogP contribution in [0.2, 0.25) is 0 Å². The van der Waals surface area contributed by atoms with Crippen LogP contribution < -0.4 is 21.3 Å². The number of fused-ring (bicyclic) bond motifs is 2. The number of hydrogen-bond donors (Lipinski definition) is 4. The molecule has 13 nitrogen and oxygen atoms in total. The number of carbonyl (C=O) groups excluding carboxylic acids is 7. The van der Waals surface area contributed by atoms with Gasteiger partial charge in [0.15, 0.2) is 0 Å². The molecule has 6 atom stereocenters. The summed E-state index contributed by atoms with van der Waals surface area (Å²) in [4.78, 5) is 96.5. The Morgan fingerprint density at radius 3 is 2.11 bits per heavy atom. The number of piperidine rings is 1. The van der Waals surface area contributed by atoms with Gasteiger partial charge in [0.2, 0.25) is 17.6 Å². The van der Waals surface area contributed by atoms with E-state index < -0.39 is 70.9 Å². The number of urea groups is 1. The molecular weight excluding hydrogens is 676 g/mol. The highest BCUT2D eigenvalue weighted by atomic mass is 16.2. The molecule has 2 aliphatic heterocycles. The Morgan fingerprint density at radius 2 is 1.55 bits per heavy atom. The summed E-state index contributed by atoms with van der Waals surface area (Å²) in [5.41, 5.74) is -0.155. The van der Waals surface area contributed by atoms with E-state index in [1.807, 2.05) is 34.6 Å². The Labute approximate surface area is 313 Å². The van der Waals surface area contributed by atoms with Crippen molar-refractivity contribution < 1.29 is 33.6 Å². The summed E-state index contributed by atoms with van der Waals surface area (Å²) in [6.07, 6.45) is 6.58. The van der Waals surface area contributed by atoms with Crippen LogP contribution in [-0.4, -0.2) is 95.0 Å². The first-order chi connectivity index (χ1) is 25.0. The number of likely N-dealkylation sites (tertiary alicyclic amines) is 1. The monoisotopic (exact) mass is 734 g/mol. The van der Waals surface area contributed by atoms with Gasteiger partial charge in [0, 0.05) is 13.1 Å². The van der Waals surface area contributed by atoms with Crippen LogP contribution in [0.5, 0.6) is 0 Å². The molecule has 53 heavy (non-hydrogen) atoms. The molecule has 4 rings (SSSR count). The summed E-state index contributed by atoms with van der Waals surface area (Å²) in [6, 6.07) is 2.37. The summed E-state index contributed by atoms with van der Waals surface area (Å²) < 4.78 is 0. The summed E-state index contributed by atoms with van der Waals surface area (Å²) in [5.74, 6) is -3.42. The Balaban J connectivity index is 1.46. The van der Waals surface area contributed by atoms with Gasteiger partial charge in [-0.1, -0.05) is 98.8 Å². The number of nitrogens with one attached hydrogen (secondary N) is 4. The maximum absolute atomic E-state index is 14.2. The highest BCUT2D eigenvalue weighted by Gasteiger charge is 2.69. The van der Waals surface area contributed by atoms with Crippen molar-refractivity contribution in [3.63, 3.8) is 0 Å². The van der Waals surface area contributed by atoms with Crippen molar-refractivity contribution >= 4 is 41.4 Å². The van der Waals surface area contributed by atoms with Gasteiger partial charge in [0.25, 0.3) is 17.7 Å². The second-order valence-corrected chi connectivity index (χ2v) is 16.3. The summed E-state index contributed by atoms with van der Waals surface area (Å²) in [5, 5.41) is 11.0. The Bertz CT molecular complexity index is 1560. The molecule has 13 heteroatoms. The highest BCUT2D eigenvalue weighted by Crippen LogP contribution is 2.65. The molecule has 290 valence electrons. The normalized spacial score (nSPS) is 21.5. The number of unbranched alkanes of at least 4 members (excludes halogenated alkanes) is 4. The molecule has 1 aromatic carbocycles. The second kappa shape index (κ2) is 17.1. The van der Waals surface area contributed by atoms with Crippen LogP contribution in [-0.2, 0) is 19.2 Å². The number of benzene rings is 1. The van der Waals surface area contributed by atoms with Crippen molar-refractivity contribution in [1.82, 2.24) is 31.1 Å². The molecule has 1 saturated heterocycles. The molecule has 0 aromatic heterocycles. The van der Waals surface area contributed by atoms with E-state index in [2.05, 4.69) is 34.8 Å². The van der Waals surface area contributed by atoms with Crippen molar-refractivity contribution in [2.45, 2.75) is 118 Å². The number of imide groups is 1. The predicted octanol–water partition coefficient (Wildman–Crippen LogP) is 3.97. The number of hydrogen-bond acceptors (Lipinski definition) is 7. The van der Waals surface area contributed by atoms with E-state index in [1.54, 1.807) is 31.2 Å². The predicted molar refractivity (Wildman–Crippen MR) is 201 cm³/mol. The van der Waals surface area contributed by atoms with Crippen LogP contribution >= 0.6 is 0 Å². The lowest BCUT2D eigenvalue weighted by Gasteiger charge is -2.35.